The van der Waals surface area contributed by atoms with Crippen molar-refractivity contribution in [3.05, 3.63) is 104 Å². The molecule has 8 nitrogen and oxygen atoms in total. The van der Waals surface area contributed by atoms with Gasteiger partial charge in [-0.05, 0) is 64.0 Å². The molecule has 5 rings (SSSR count). The van der Waals surface area contributed by atoms with Crippen LogP contribution in [0.25, 0.3) is 10.9 Å². The third-order valence-electron chi connectivity index (χ3n) is 6.74. The first-order valence-corrected chi connectivity index (χ1v) is 13.7. The number of ether oxygens (including phenoxy) is 1. The molecule has 1 atom stereocenters. The van der Waals surface area contributed by atoms with E-state index in [2.05, 4.69) is 68.9 Å². The van der Waals surface area contributed by atoms with Crippen molar-refractivity contribution in [3.8, 4) is 5.75 Å². The minimum atomic E-state index is -0.0942. The Morgan fingerprint density at radius 3 is 2.63 bits per heavy atom. The molecule has 5 aromatic rings. The zero-order chi connectivity index (χ0) is 26.5. The second-order valence-electron chi connectivity index (χ2n) is 9.75. The zero-order valence-electron chi connectivity index (χ0n) is 21.9. The Kier molecular flexibility index (Phi) is 7.95. The molecule has 0 bridgehead atoms. The molecule has 0 aliphatic rings. The Morgan fingerprint density at radius 1 is 1.05 bits per heavy atom. The lowest BCUT2D eigenvalue weighted by Crippen LogP contribution is -2.35. The van der Waals surface area contributed by atoms with E-state index in [4.69, 9.17) is 4.74 Å². The summed E-state index contributed by atoms with van der Waals surface area (Å²) in [6.45, 7) is 6.17. The number of fused-ring (bicyclic) bond motifs is 1. The molecule has 0 aliphatic carbocycles. The van der Waals surface area contributed by atoms with Crippen molar-refractivity contribution in [2.24, 2.45) is 5.92 Å². The number of H-pyrrole nitrogens is 1. The molecular formula is C29H32N6O2S. The molecule has 3 aromatic heterocycles. The van der Waals surface area contributed by atoms with Gasteiger partial charge in [-0.3, -0.25) is 9.69 Å². The molecule has 0 aliphatic heterocycles. The van der Waals surface area contributed by atoms with Crippen LogP contribution in [0.2, 0.25) is 0 Å². The van der Waals surface area contributed by atoms with Gasteiger partial charge in [0, 0.05) is 41.0 Å². The molecule has 196 valence electrons. The maximum absolute atomic E-state index is 13.2. The Labute approximate surface area is 225 Å². The zero-order valence-corrected chi connectivity index (χ0v) is 22.7. The van der Waals surface area contributed by atoms with Crippen LogP contribution >= 0.6 is 11.3 Å². The fraction of sp³-hybridized carbons (Fsp3) is 0.310. The number of hydrogen-bond donors (Lipinski definition) is 1. The molecule has 3 heterocycles. The number of aryl methyl sites for hydroxylation is 2. The number of pyridine rings is 1. The highest BCUT2D eigenvalue weighted by atomic mass is 32.1. The lowest BCUT2D eigenvalue weighted by atomic mass is 10.00. The maximum atomic E-state index is 13.2. The first-order chi connectivity index (χ1) is 18.5. The average Bonchev–Trinajstić information content (AvgIpc) is 3.60. The van der Waals surface area contributed by atoms with Crippen LogP contribution in [0.15, 0.2) is 76.9 Å². The lowest BCUT2D eigenvalue weighted by Gasteiger charge is -2.33. The van der Waals surface area contributed by atoms with Crippen molar-refractivity contribution >= 4 is 22.2 Å². The largest absolute Gasteiger partial charge is 0.497 e. The van der Waals surface area contributed by atoms with E-state index in [9.17, 15) is 4.79 Å². The monoisotopic (exact) mass is 528 g/mol. The minimum Gasteiger partial charge on any atom is -0.497 e. The standard InChI is InChI=1S/C29H32N6O2S/c1-20(2)27(28-31-32-33-35(28)14-13-21-8-5-4-6-9-21)34(19-25-10-7-15-38-25)18-23-16-22-17-24(37-3)11-12-26(22)30-29(23)36/h4-12,15-17,20,27H,13-14,18-19H2,1-3H3,(H,30,36). The van der Waals surface area contributed by atoms with E-state index < -0.39 is 0 Å². The van der Waals surface area contributed by atoms with Crippen molar-refractivity contribution in [2.75, 3.05) is 7.11 Å². The molecule has 0 saturated heterocycles. The molecular weight excluding hydrogens is 496 g/mol. The molecule has 9 heteroatoms. The van der Waals surface area contributed by atoms with Crippen LogP contribution in [0.4, 0.5) is 0 Å². The molecule has 0 radical (unpaired) electrons. The van der Waals surface area contributed by atoms with E-state index in [0.29, 0.717) is 25.2 Å². The van der Waals surface area contributed by atoms with Crippen LogP contribution in [0.3, 0.4) is 0 Å². The van der Waals surface area contributed by atoms with Gasteiger partial charge >= 0.3 is 0 Å². The highest BCUT2D eigenvalue weighted by Crippen LogP contribution is 2.31. The van der Waals surface area contributed by atoms with Gasteiger partial charge in [-0.2, -0.15) is 0 Å². The fourth-order valence-corrected chi connectivity index (χ4v) is 5.62. The molecule has 1 unspecified atom stereocenters. The number of methoxy groups -OCH3 is 1. The summed E-state index contributed by atoms with van der Waals surface area (Å²) in [4.78, 5) is 19.8. The third-order valence-corrected chi connectivity index (χ3v) is 7.61. The molecule has 0 amide bonds. The van der Waals surface area contributed by atoms with Crippen molar-refractivity contribution in [1.82, 2.24) is 30.1 Å². The van der Waals surface area contributed by atoms with E-state index in [1.165, 1.54) is 10.4 Å². The second kappa shape index (κ2) is 11.7. The third kappa shape index (κ3) is 5.84. The molecule has 0 spiro atoms. The van der Waals surface area contributed by atoms with Gasteiger partial charge < -0.3 is 9.72 Å². The van der Waals surface area contributed by atoms with Crippen LogP contribution in [0, 0.1) is 5.92 Å². The Hall–Kier alpha value is -3.82. The van der Waals surface area contributed by atoms with Crippen LogP contribution in [0.5, 0.6) is 5.75 Å². The Balaban J connectivity index is 1.49. The topological polar surface area (TPSA) is 88.9 Å². The molecule has 38 heavy (non-hydrogen) atoms. The van der Waals surface area contributed by atoms with Gasteiger partial charge in [0.05, 0.1) is 13.2 Å². The predicted octanol–water partition coefficient (Wildman–Crippen LogP) is 5.23. The van der Waals surface area contributed by atoms with Crippen LogP contribution in [-0.2, 0) is 26.1 Å². The number of nitrogens with zero attached hydrogens (tertiary/aromatic N) is 5. The average molecular weight is 529 g/mol. The summed E-state index contributed by atoms with van der Waals surface area (Å²) in [5.74, 6) is 1.77. The first-order valence-electron chi connectivity index (χ1n) is 12.8. The van der Waals surface area contributed by atoms with E-state index >= 15 is 0 Å². The number of thiophene rings is 1. The molecule has 1 N–H and O–H groups in total. The van der Waals surface area contributed by atoms with Crippen molar-refractivity contribution in [2.45, 2.75) is 45.9 Å². The number of tetrazole rings is 1. The maximum Gasteiger partial charge on any atom is 0.252 e. The summed E-state index contributed by atoms with van der Waals surface area (Å²) in [5, 5.41) is 15.9. The number of nitrogens with one attached hydrogen (secondary N) is 1. The van der Waals surface area contributed by atoms with Crippen LogP contribution in [-0.4, -0.2) is 37.2 Å². The van der Waals surface area contributed by atoms with Gasteiger partial charge in [-0.25, -0.2) is 4.68 Å². The normalized spacial score (nSPS) is 12.4. The van der Waals surface area contributed by atoms with Gasteiger partial charge in [-0.15, -0.1) is 16.4 Å². The van der Waals surface area contributed by atoms with Gasteiger partial charge in [0.15, 0.2) is 5.82 Å². The predicted molar refractivity (Wildman–Crippen MR) is 150 cm³/mol. The number of hydrogen-bond acceptors (Lipinski definition) is 7. The Bertz CT molecular complexity index is 1530. The van der Waals surface area contributed by atoms with Crippen molar-refractivity contribution in [1.29, 1.82) is 0 Å². The molecule has 0 fully saturated rings. The van der Waals surface area contributed by atoms with E-state index in [0.717, 1.165) is 28.9 Å². The number of benzene rings is 2. The van der Waals surface area contributed by atoms with Gasteiger partial charge in [0.1, 0.15) is 5.75 Å². The number of aromatic amines is 1. The van der Waals surface area contributed by atoms with Gasteiger partial charge in [-0.1, -0.05) is 50.2 Å². The number of rotatable bonds is 11. The fourth-order valence-electron chi connectivity index (χ4n) is 4.89. The minimum absolute atomic E-state index is 0.0926. The summed E-state index contributed by atoms with van der Waals surface area (Å²) in [5.41, 5.74) is 2.62. The van der Waals surface area contributed by atoms with E-state index in [1.807, 2.05) is 47.1 Å². The molecule has 2 aromatic carbocycles. The number of aromatic nitrogens is 5. The summed E-state index contributed by atoms with van der Waals surface area (Å²) in [6, 6.07) is 22.1. The van der Waals surface area contributed by atoms with E-state index in [-0.39, 0.29) is 17.5 Å². The van der Waals surface area contributed by atoms with E-state index in [1.54, 1.807) is 18.4 Å². The Morgan fingerprint density at radius 2 is 1.89 bits per heavy atom. The lowest BCUT2D eigenvalue weighted by molar-refractivity contribution is 0.127. The van der Waals surface area contributed by atoms with Gasteiger partial charge in [0.2, 0.25) is 0 Å². The summed E-state index contributed by atoms with van der Waals surface area (Å²) in [7, 11) is 1.64. The summed E-state index contributed by atoms with van der Waals surface area (Å²) in [6.07, 6.45) is 0.834. The highest BCUT2D eigenvalue weighted by Gasteiger charge is 2.30. The van der Waals surface area contributed by atoms with Crippen molar-refractivity contribution < 1.29 is 4.74 Å². The second-order valence-corrected chi connectivity index (χ2v) is 10.8. The quantitative estimate of drug-likeness (QED) is 0.253. The van der Waals surface area contributed by atoms with Gasteiger partial charge in [0.25, 0.3) is 5.56 Å². The molecule has 0 saturated carbocycles. The summed E-state index contributed by atoms with van der Waals surface area (Å²) >= 11 is 1.71. The smallest absolute Gasteiger partial charge is 0.252 e. The highest BCUT2D eigenvalue weighted by molar-refractivity contribution is 7.09. The van der Waals surface area contributed by atoms with Crippen LogP contribution < -0.4 is 10.3 Å². The van der Waals surface area contributed by atoms with Crippen LogP contribution in [0.1, 0.15) is 41.7 Å². The summed E-state index contributed by atoms with van der Waals surface area (Å²) < 4.78 is 7.32. The SMILES string of the molecule is COc1ccc2[nH]c(=O)c(CN(Cc3cccs3)C(c3nnnn3CCc3ccccc3)C(C)C)cc2c1. The first kappa shape index (κ1) is 25.8. The van der Waals surface area contributed by atoms with Crippen molar-refractivity contribution in [3.63, 3.8) is 0 Å².